The molecule has 0 fully saturated rings. The Balaban J connectivity index is 2.78. The Morgan fingerprint density at radius 2 is 2.19 bits per heavy atom. The van der Waals surface area contributed by atoms with Crippen LogP contribution in [0.4, 0.5) is 0 Å². The van der Waals surface area contributed by atoms with Gasteiger partial charge >= 0.3 is 0 Å². The molecule has 2 N–H and O–H groups in total. The molecule has 0 heterocycles. The van der Waals surface area contributed by atoms with Gasteiger partial charge < -0.3 is 15.3 Å². The molecule has 114 valence electrons. The van der Waals surface area contributed by atoms with Crippen molar-refractivity contribution in [2.45, 2.75) is 20.3 Å². The van der Waals surface area contributed by atoms with Crippen LogP contribution in [0.1, 0.15) is 34.8 Å². The molecule has 0 atom stereocenters. The zero-order chi connectivity index (χ0) is 15.7. The van der Waals surface area contributed by atoms with Crippen molar-refractivity contribution in [1.29, 1.82) is 0 Å². The third kappa shape index (κ3) is 5.99. The summed E-state index contributed by atoms with van der Waals surface area (Å²) in [7, 11) is 2.02. The molecule has 1 aromatic carbocycles. The molecule has 1 aromatic rings. The third-order valence-corrected chi connectivity index (χ3v) is 3.20. The molecular weight excluding hydrogens is 264 g/mol. The predicted octanol–water partition coefficient (Wildman–Crippen LogP) is 1.41. The molecule has 0 spiro atoms. The Hall–Kier alpha value is -1.83. The predicted molar refractivity (Wildman–Crippen MR) is 85.3 cm³/mol. The Labute approximate surface area is 127 Å². The number of benzene rings is 1. The molecule has 21 heavy (non-hydrogen) atoms. The van der Waals surface area contributed by atoms with Crippen LogP contribution in [0.2, 0.25) is 0 Å². The molecule has 0 aliphatic rings. The molecule has 0 saturated carbocycles. The number of amides is 1. The van der Waals surface area contributed by atoms with E-state index in [0.717, 1.165) is 18.7 Å². The van der Waals surface area contributed by atoms with Crippen molar-refractivity contribution >= 4 is 5.91 Å². The van der Waals surface area contributed by atoms with Gasteiger partial charge in [0.15, 0.2) is 0 Å². The van der Waals surface area contributed by atoms with E-state index in [1.807, 2.05) is 32.2 Å². The van der Waals surface area contributed by atoms with Gasteiger partial charge in [0.1, 0.15) is 0 Å². The maximum Gasteiger partial charge on any atom is 0.252 e. The SMILES string of the molecule is CCN(C)CCNC(=O)c1cc(C)ccc1C#CCCO. The molecule has 0 saturated heterocycles. The normalized spacial score (nSPS) is 10.1. The van der Waals surface area contributed by atoms with E-state index in [4.69, 9.17) is 5.11 Å². The number of aliphatic hydroxyl groups is 1. The second-order valence-electron chi connectivity index (χ2n) is 4.98. The molecule has 0 unspecified atom stereocenters. The second kappa shape index (κ2) is 9.17. The Morgan fingerprint density at radius 1 is 1.43 bits per heavy atom. The minimum absolute atomic E-state index is 0.0315. The van der Waals surface area contributed by atoms with E-state index in [1.54, 1.807) is 0 Å². The molecular formula is C17H24N2O2. The van der Waals surface area contributed by atoms with E-state index in [9.17, 15) is 4.79 Å². The van der Waals surface area contributed by atoms with E-state index >= 15 is 0 Å². The zero-order valence-corrected chi connectivity index (χ0v) is 13.1. The smallest absolute Gasteiger partial charge is 0.252 e. The minimum Gasteiger partial charge on any atom is -0.395 e. The molecule has 0 radical (unpaired) electrons. The summed E-state index contributed by atoms with van der Waals surface area (Å²) in [5.74, 6) is 5.71. The fourth-order valence-electron chi connectivity index (χ4n) is 1.78. The number of likely N-dealkylation sites (N-methyl/N-ethyl adjacent to an activating group) is 1. The average molecular weight is 288 g/mol. The highest BCUT2D eigenvalue weighted by molar-refractivity contribution is 5.96. The molecule has 4 heteroatoms. The topological polar surface area (TPSA) is 52.6 Å². The maximum atomic E-state index is 12.3. The number of carbonyl (C=O) groups is 1. The minimum atomic E-state index is -0.100. The van der Waals surface area contributed by atoms with Crippen LogP contribution in [0.15, 0.2) is 18.2 Å². The molecule has 0 aliphatic carbocycles. The lowest BCUT2D eigenvalue weighted by Crippen LogP contribution is -2.33. The van der Waals surface area contributed by atoms with Crippen molar-refractivity contribution in [3.63, 3.8) is 0 Å². The molecule has 4 nitrogen and oxygen atoms in total. The second-order valence-corrected chi connectivity index (χ2v) is 4.98. The van der Waals surface area contributed by atoms with Crippen LogP contribution in [0.25, 0.3) is 0 Å². The summed E-state index contributed by atoms with van der Waals surface area (Å²) in [5, 5.41) is 11.7. The quantitative estimate of drug-likeness (QED) is 0.778. The van der Waals surface area contributed by atoms with Gasteiger partial charge in [0.05, 0.1) is 12.2 Å². The fourth-order valence-corrected chi connectivity index (χ4v) is 1.78. The lowest BCUT2D eigenvalue weighted by atomic mass is 10.0. The molecule has 0 aromatic heterocycles. The van der Waals surface area contributed by atoms with Gasteiger partial charge in [-0.05, 0) is 32.6 Å². The number of carbonyl (C=O) groups excluding carboxylic acids is 1. The average Bonchev–Trinajstić information content (AvgIpc) is 2.48. The van der Waals surface area contributed by atoms with Crippen molar-refractivity contribution in [2.75, 3.05) is 33.3 Å². The molecule has 0 aliphatic heterocycles. The highest BCUT2D eigenvalue weighted by Gasteiger charge is 2.10. The Bertz CT molecular complexity index is 529. The van der Waals surface area contributed by atoms with Crippen molar-refractivity contribution < 1.29 is 9.90 Å². The van der Waals surface area contributed by atoms with Gasteiger partial charge in [-0.25, -0.2) is 0 Å². The van der Waals surface area contributed by atoms with Crippen LogP contribution in [-0.4, -0.2) is 49.2 Å². The number of rotatable bonds is 6. The van der Waals surface area contributed by atoms with Crippen molar-refractivity contribution in [3.05, 3.63) is 34.9 Å². The monoisotopic (exact) mass is 288 g/mol. The Morgan fingerprint density at radius 3 is 2.86 bits per heavy atom. The van der Waals surface area contributed by atoms with Crippen molar-refractivity contribution in [1.82, 2.24) is 10.2 Å². The fraction of sp³-hybridized carbons (Fsp3) is 0.471. The molecule has 0 bridgehead atoms. The summed E-state index contributed by atoms with van der Waals surface area (Å²) < 4.78 is 0. The van der Waals surface area contributed by atoms with Crippen molar-refractivity contribution in [3.8, 4) is 11.8 Å². The first-order chi connectivity index (χ1) is 10.1. The summed E-state index contributed by atoms with van der Waals surface area (Å²) in [4.78, 5) is 14.4. The number of nitrogens with one attached hydrogen (secondary N) is 1. The first kappa shape index (κ1) is 17.2. The third-order valence-electron chi connectivity index (χ3n) is 3.20. The number of nitrogens with zero attached hydrogens (tertiary/aromatic N) is 1. The van der Waals surface area contributed by atoms with Crippen molar-refractivity contribution in [2.24, 2.45) is 0 Å². The summed E-state index contributed by atoms with van der Waals surface area (Å²) >= 11 is 0. The lowest BCUT2D eigenvalue weighted by Gasteiger charge is -2.14. The van der Waals surface area contributed by atoms with E-state index < -0.39 is 0 Å². The number of hydrogen-bond acceptors (Lipinski definition) is 3. The van der Waals surface area contributed by atoms with E-state index in [-0.39, 0.29) is 12.5 Å². The first-order valence-corrected chi connectivity index (χ1v) is 7.25. The van der Waals surface area contributed by atoms with Gasteiger partial charge in [0, 0.05) is 25.1 Å². The van der Waals surface area contributed by atoms with Gasteiger partial charge in [-0.2, -0.15) is 0 Å². The zero-order valence-electron chi connectivity index (χ0n) is 13.1. The van der Waals surface area contributed by atoms with Gasteiger partial charge in [0.25, 0.3) is 5.91 Å². The van der Waals surface area contributed by atoms with Crippen LogP contribution >= 0.6 is 0 Å². The van der Waals surface area contributed by atoms with Crippen LogP contribution in [-0.2, 0) is 0 Å². The Kier molecular flexibility index (Phi) is 7.52. The summed E-state index contributed by atoms with van der Waals surface area (Å²) in [6.45, 7) is 6.45. The van der Waals surface area contributed by atoms with Gasteiger partial charge in [-0.1, -0.05) is 30.4 Å². The van der Waals surface area contributed by atoms with Crippen LogP contribution in [0, 0.1) is 18.8 Å². The number of aliphatic hydroxyl groups excluding tert-OH is 1. The standard InChI is InChI=1S/C17H24N2O2/c1-4-19(3)11-10-18-17(21)16-13-14(2)8-9-15(16)7-5-6-12-20/h8-9,13,20H,4,6,10-12H2,1-3H3,(H,18,21). The lowest BCUT2D eigenvalue weighted by molar-refractivity contribution is 0.0950. The van der Waals surface area contributed by atoms with E-state index in [2.05, 4.69) is 29.0 Å². The summed E-state index contributed by atoms with van der Waals surface area (Å²) in [6, 6.07) is 5.64. The molecule has 1 amide bonds. The maximum absolute atomic E-state index is 12.3. The number of hydrogen-bond donors (Lipinski definition) is 2. The summed E-state index contributed by atoms with van der Waals surface area (Å²) in [6.07, 6.45) is 0.413. The number of aryl methyl sites for hydroxylation is 1. The highest BCUT2D eigenvalue weighted by atomic mass is 16.2. The van der Waals surface area contributed by atoms with Crippen LogP contribution < -0.4 is 5.32 Å². The largest absolute Gasteiger partial charge is 0.395 e. The van der Waals surface area contributed by atoms with Gasteiger partial charge in [0.2, 0.25) is 0 Å². The highest BCUT2D eigenvalue weighted by Crippen LogP contribution is 2.11. The van der Waals surface area contributed by atoms with Crippen LogP contribution in [0.3, 0.4) is 0 Å². The first-order valence-electron chi connectivity index (χ1n) is 7.25. The van der Waals surface area contributed by atoms with Gasteiger partial charge in [-0.3, -0.25) is 4.79 Å². The van der Waals surface area contributed by atoms with E-state index in [0.29, 0.717) is 24.1 Å². The summed E-state index contributed by atoms with van der Waals surface area (Å²) in [5.41, 5.74) is 2.33. The van der Waals surface area contributed by atoms with E-state index in [1.165, 1.54) is 0 Å². The molecule has 1 rings (SSSR count). The van der Waals surface area contributed by atoms with Crippen LogP contribution in [0.5, 0.6) is 0 Å². The van der Waals surface area contributed by atoms with Gasteiger partial charge in [-0.15, -0.1) is 0 Å².